The van der Waals surface area contributed by atoms with Crippen molar-refractivity contribution < 1.29 is 14.5 Å². The van der Waals surface area contributed by atoms with Gasteiger partial charge in [-0.3, -0.25) is 14.9 Å². The molecule has 21 heavy (non-hydrogen) atoms. The summed E-state index contributed by atoms with van der Waals surface area (Å²) in [6, 6.07) is 6.26. The van der Waals surface area contributed by atoms with E-state index in [-0.39, 0.29) is 23.1 Å². The normalized spacial score (nSPS) is 10.2. The number of aryl methyl sites for hydroxylation is 2. The van der Waals surface area contributed by atoms with Gasteiger partial charge in [0.1, 0.15) is 0 Å². The minimum absolute atomic E-state index is 0.123. The predicted octanol–water partition coefficient (Wildman–Crippen LogP) is 3.60. The van der Waals surface area contributed by atoms with Gasteiger partial charge in [0.05, 0.1) is 4.92 Å². The van der Waals surface area contributed by atoms with E-state index in [1.807, 2.05) is 0 Å². The summed E-state index contributed by atoms with van der Waals surface area (Å²) in [7, 11) is 0. The van der Waals surface area contributed by atoms with E-state index in [2.05, 4.69) is 4.98 Å². The fourth-order valence-electron chi connectivity index (χ4n) is 1.99. The topological polar surface area (TPSA) is 82.3 Å². The first-order chi connectivity index (χ1) is 9.88. The largest absolute Gasteiger partial charge is 0.431 e. The van der Waals surface area contributed by atoms with Gasteiger partial charge in [-0.2, -0.15) is 0 Å². The number of rotatable bonds is 4. The van der Waals surface area contributed by atoms with E-state index >= 15 is 0 Å². The van der Waals surface area contributed by atoms with Crippen molar-refractivity contribution in [3.8, 4) is 11.6 Å². The number of benzene rings is 1. The third kappa shape index (κ3) is 3.22. The van der Waals surface area contributed by atoms with E-state index < -0.39 is 4.92 Å². The summed E-state index contributed by atoms with van der Waals surface area (Å²) < 4.78 is 5.54. The van der Waals surface area contributed by atoms with E-state index in [9.17, 15) is 14.9 Å². The second-order valence-electron chi connectivity index (χ2n) is 4.73. The van der Waals surface area contributed by atoms with E-state index in [1.165, 1.54) is 25.3 Å². The Morgan fingerprint density at radius 1 is 1.29 bits per heavy atom. The Kier molecular flexibility index (Phi) is 3.98. The standard InChI is InChI=1S/C15H14N2O4/c1-9-6-10(2)15(13(7-9)17(19)20)21-14-8-12(11(3)18)4-5-16-14/h4-8H,1-3H3. The third-order valence-electron chi connectivity index (χ3n) is 2.94. The van der Waals surface area contributed by atoms with E-state index in [4.69, 9.17) is 4.74 Å². The Morgan fingerprint density at radius 3 is 2.62 bits per heavy atom. The monoisotopic (exact) mass is 286 g/mol. The highest BCUT2D eigenvalue weighted by molar-refractivity contribution is 5.94. The van der Waals surface area contributed by atoms with Crippen molar-refractivity contribution in [3.05, 3.63) is 57.3 Å². The average Bonchev–Trinajstić information content (AvgIpc) is 2.41. The first kappa shape index (κ1) is 14.6. The zero-order chi connectivity index (χ0) is 15.6. The molecular formula is C15H14N2O4. The van der Waals surface area contributed by atoms with Gasteiger partial charge in [-0.05, 0) is 38.0 Å². The van der Waals surface area contributed by atoms with Crippen LogP contribution in [0.1, 0.15) is 28.4 Å². The molecule has 0 fully saturated rings. The van der Waals surface area contributed by atoms with Gasteiger partial charge >= 0.3 is 5.69 Å². The van der Waals surface area contributed by atoms with Crippen LogP contribution in [0.25, 0.3) is 0 Å². The summed E-state index contributed by atoms with van der Waals surface area (Å²) in [6.07, 6.45) is 1.43. The molecule has 2 aromatic rings. The molecule has 0 N–H and O–H groups in total. The summed E-state index contributed by atoms with van der Waals surface area (Å²) in [6.45, 7) is 4.93. The number of hydrogen-bond donors (Lipinski definition) is 0. The van der Waals surface area contributed by atoms with Gasteiger partial charge in [0.25, 0.3) is 0 Å². The molecule has 6 heteroatoms. The van der Waals surface area contributed by atoms with Crippen molar-refractivity contribution in [2.24, 2.45) is 0 Å². The molecule has 0 aliphatic heterocycles. The maximum absolute atomic E-state index is 11.3. The lowest BCUT2D eigenvalue weighted by Gasteiger charge is -2.09. The van der Waals surface area contributed by atoms with Crippen molar-refractivity contribution in [1.29, 1.82) is 0 Å². The molecule has 108 valence electrons. The summed E-state index contributed by atoms with van der Waals surface area (Å²) in [5.74, 6) is 0.161. The molecule has 1 aromatic carbocycles. The van der Waals surface area contributed by atoms with Gasteiger partial charge in [0, 0.05) is 23.9 Å². The lowest BCUT2D eigenvalue weighted by molar-refractivity contribution is -0.385. The highest BCUT2D eigenvalue weighted by atomic mass is 16.6. The number of hydrogen-bond acceptors (Lipinski definition) is 5. The number of carbonyl (C=O) groups excluding carboxylic acids is 1. The predicted molar refractivity (Wildman–Crippen MR) is 76.9 cm³/mol. The van der Waals surface area contributed by atoms with Crippen molar-refractivity contribution in [3.63, 3.8) is 0 Å². The maximum atomic E-state index is 11.3. The molecule has 6 nitrogen and oxygen atoms in total. The van der Waals surface area contributed by atoms with Crippen LogP contribution in [0.15, 0.2) is 30.5 Å². The van der Waals surface area contributed by atoms with Crippen molar-refractivity contribution in [2.75, 3.05) is 0 Å². The van der Waals surface area contributed by atoms with Crippen LogP contribution in [-0.4, -0.2) is 15.7 Å². The molecule has 0 atom stereocenters. The summed E-state index contributed by atoms with van der Waals surface area (Å²) >= 11 is 0. The van der Waals surface area contributed by atoms with Crippen molar-refractivity contribution in [2.45, 2.75) is 20.8 Å². The molecule has 2 rings (SSSR count). The minimum atomic E-state index is -0.496. The number of Topliss-reactive ketones (excluding diaryl/α,β-unsaturated/α-hetero) is 1. The highest BCUT2D eigenvalue weighted by Crippen LogP contribution is 2.35. The van der Waals surface area contributed by atoms with Gasteiger partial charge in [0.15, 0.2) is 5.78 Å². The minimum Gasteiger partial charge on any atom is -0.431 e. The number of carbonyl (C=O) groups is 1. The first-order valence-electron chi connectivity index (χ1n) is 6.29. The Hall–Kier alpha value is -2.76. The molecule has 0 aliphatic rings. The molecule has 0 unspecified atom stereocenters. The number of nitrogens with zero attached hydrogens (tertiary/aromatic N) is 2. The molecule has 0 radical (unpaired) electrons. The number of ketones is 1. The van der Waals surface area contributed by atoms with Crippen molar-refractivity contribution >= 4 is 11.5 Å². The lowest BCUT2D eigenvalue weighted by atomic mass is 10.1. The van der Waals surface area contributed by atoms with Crippen LogP contribution < -0.4 is 4.74 Å². The first-order valence-corrected chi connectivity index (χ1v) is 6.29. The Bertz CT molecular complexity index is 726. The molecule has 0 bridgehead atoms. The molecule has 0 aliphatic carbocycles. The van der Waals surface area contributed by atoms with Gasteiger partial charge in [0.2, 0.25) is 11.6 Å². The van der Waals surface area contributed by atoms with E-state index in [1.54, 1.807) is 26.0 Å². The smallest absolute Gasteiger partial charge is 0.312 e. The zero-order valence-corrected chi connectivity index (χ0v) is 11.9. The van der Waals surface area contributed by atoms with Crippen LogP contribution >= 0.6 is 0 Å². The second kappa shape index (κ2) is 5.70. The Balaban J connectivity index is 2.46. The lowest BCUT2D eigenvalue weighted by Crippen LogP contribution is -1.99. The Morgan fingerprint density at radius 2 is 2.00 bits per heavy atom. The van der Waals surface area contributed by atoms with Crippen LogP contribution in [0, 0.1) is 24.0 Å². The van der Waals surface area contributed by atoms with Crippen LogP contribution in [0.2, 0.25) is 0 Å². The van der Waals surface area contributed by atoms with Crippen molar-refractivity contribution in [1.82, 2.24) is 4.98 Å². The average molecular weight is 286 g/mol. The Labute approximate surface area is 121 Å². The molecule has 0 spiro atoms. The number of aromatic nitrogens is 1. The van der Waals surface area contributed by atoms with E-state index in [0.717, 1.165) is 5.56 Å². The molecular weight excluding hydrogens is 272 g/mol. The molecule has 0 saturated carbocycles. The van der Waals surface area contributed by atoms with Gasteiger partial charge in [-0.25, -0.2) is 4.98 Å². The van der Waals surface area contributed by atoms with Gasteiger partial charge in [-0.15, -0.1) is 0 Å². The number of nitro groups is 1. The summed E-state index contributed by atoms with van der Waals surface area (Å²) in [4.78, 5) is 26.0. The molecule has 1 heterocycles. The molecule has 1 aromatic heterocycles. The van der Waals surface area contributed by atoms with Crippen LogP contribution in [0.4, 0.5) is 5.69 Å². The van der Waals surface area contributed by atoms with Crippen LogP contribution in [0.3, 0.4) is 0 Å². The fraction of sp³-hybridized carbons (Fsp3) is 0.200. The van der Waals surface area contributed by atoms with Crippen LogP contribution in [-0.2, 0) is 0 Å². The molecule has 0 amide bonds. The van der Waals surface area contributed by atoms with E-state index in [0.29, 0.717) is 11.1 Å². The number of ether oxygens (including phenoxy) is 1. The summed E-state index contributed by atoms with van der Waals surface area (Å²) in [5.41, 5.74) is 1.73. The number of nitro benzene ring substituents is 1. The zero-order valence-electron chi connectivity index (χ0n) is 11.9. The third-order valence-corrected chi connectivity index (χ3v) is 2.94. The number of pyridine rings is 1. The quantitative estimate of drug-likeness (QED) is 0.487. The van der Waals surface area contributed by atoms with Crippen LogP contribution in [0.5, 0.6) is 11.6 Å². The fourth-order valence-corrected chi connectivity index (χ4v) is 1.99. The van der Waals surface area contributed by atoms with Gasteiger partial charge < -0.3 is 4.74 Å². The van der Waals surface area contributed by atoms with Gasteiger partial charge in [-0.1, -0.05) is 6.07 Å². The second-order valence-corrected chi connectivity index (χ2v) is 4.73. The summed E-state index contributed by atoms with van der Waals surface area (Å²) in [5, 5.41) is 11.1. The SMILES string of the molecule is CC(=O)c1ccnc(Oc2c(C)cc(C)cc2[N+](=O)[O-])c1. The highest BCUT2D eigenvalue weighted by Gasteiger charge is 2.20. The maximum Gasteiger partial charge on any atom is 0.312 e. The molecule has 0 saturated heterocycles.